The third-order valence-corrected chi connectivity index (χ3v) is 3.77. The van der Waals surface area contributed by atoms with Crippen molar-refractivity contribution in [3.05, 3.63) is 75.9 Å². The van der Waals surface area contributed by atoms with Crippen LogP contribution >= 0.6 is 11.6 Å². The molecule has 0 bridgehead atoms. The summed E-state index contributed by atoms with van der Waals surface area (Å²) in [6, 6.07) is 14.9. The van der Waals surface area contributed by atoms with E-state index in [9.17, 15) is 4.79 Å². The molecule has 0 saturated heterocycles. The number of carbonyl (C=O) groups excluding carboxylic acids is 1. The van der Waals surface area contributed by atoms with Crippen LogP contribution in [-0.4, -0.2) is 10.8 Å². The Morgan fingerprint density at radius 2 is 1.81 bits per heavy atom. The van der Waals surface area contributed by atoms with Gasteiger partial charge in [0.2, 0.25) is 0 Å². The molecule has 0 aliphatic rings. The van der Waals surface area contributed by atoms with Gasteiger partial charge < -0.3 is 0 Å². The van der Waals surface area contributed by atoms with E-state index in [2.05, 4.69) is 4.98 Å². The van der Waals surface area contributed by atoms with Gasteiger partial charge in [0, 0.05) is 27.2 Å². The van der Waals surface area contributed by atoms with Crippen LogP contribution in [0.25, 0.3) is 10.9 Å². The van der Waals surface area contributed by atoms with Crippen LogP contribution in [0.2, 0.25) is 5.02 Å². The van der Waals surface area contributed by atoms with Gasteiger partial charge in [-0.05, 0) is 55.8 Å². The topological polar surface area (TPSA) is 30.0 Å². The highest BCUT2D eigenvalue weighted by Gasteiger charge is 2.13. The van der Waals surface area contributed by atoms with E-state index in [1.807, 2.05) is 50.2 Å². The summed E-state index contributed by atoms with van der Waals surface area (Å²) >= 11 is 6.00. The summed E-state index contributed by atoms with van der Waals surface area (Å²) in [5.41, 5.74) is 4.08. The smallest absolute Gasteiger partial charge is 0.193 e. The van der Waals surface area contributed by atoms with E-state index in [1.54, 1.807) is 12.1 Å². The number of nitrogens with zero attached hydrogens (tertiary/aromatic N) is 1. The Morgan fingerprint density at radius 3 is 2.62 bits per heavy atom. The molecule has 0 atom stereocenters. The highest BCUT2D eigenvalue weighted by molar-refractivity contribution is 6.31. The molecular weight excluding hydrogens is 282 g/mol. The molecule has 1 heterocycles. The number of ketones is 1. The lowest BCUT2D eigenvalue weighted by Gasteiger charge is -2.07. The zero-order chi connectivity index (χ0) is 15.0. The summed E-state index contributed by atoms with van der Waals surface area (Å²) in [7, 11) is 0. The molecule has 0 amide bonds. The van der Waals surface area contributed by atoms with Crippen molar-refractivity contribution in [2.75, 3.05) is 0 Å². The second-order valence-electron chi connectivity index (χ2n) is 5.15. The highest BCUT2D eigenvalue weighted by atomic mass is 35.5. The predicted octanol–water partition coefficient (Wildman–Crippen LogP) is 4.74. The summed E-state index contributed by atoms with van der Waals surface area (Å²) in [6.07, 6.45) is 0. The van der Waals surface area contributed by atoms with Crippen molar-refractivity contribution in [3.63, 3.8) is 0 Å². The quantitative estimate of drug-likeness (QED) is 0.639. The molecule has 3 rings (SSSR count). The molecule has 104 valence electrons. The molecule has 0 aliphatic carbocycles. The van der Waals surface area contributed by atoms with Crippen LogP contribution in [0.3, 0.4) is 0 Å². The Balaban J connectivity index is 2.09. The lowest BCUT2D eigenvalue weighted by atomic mass is 9.98. The first kappa shape index (κ1) is 13.8. The minimum atomic E-state index is -0.0162. The van der Waals surface area contributed by atoms with E-state index >= 15 is 0 Å². The molecule has 0 spiro atoms. The second kappa shape index (κ2) is 5.30. The molecule has 0 radical (unpaired) electrons. The Kier molecular flexibility index (Phi) is 3.48. The van der Waals surface area contributed by atoms with Crippen molar-refractivity contribution in [1.82, 2.24) is 4.98 Å². The van der Waals surface area contributed by atoms with Crippen molar-refractivity contribution in [2.45, 2.75) is 13.8 Å². The number of aryl methyl sites for hydroxylation is 2. The number of pyridine rings is 1. The molecule has 0 aliphatic heterocycles. The zero-order valence-corrected chi connectivity index (χ0v) is 12.6. The summed E-state index contributed by atoms with van der Waals surface area (Å²) in [5.74, 6) is -0.0162. The maximum Gasteiger partial charge on any atom is 0.193 e. The van der Waals surface area contributed by atoms with Gasteiger partial charge in [-0.2, -0.15) is 0 Å². The van der Waals surface area contributed by atoms with Gasteiger partial charge in [0.1, 0.15) is 0 Å². The third kappa shape index (κ3) is 2.67. The molecule has 3 aromatic rings. The van der Waals surface area contributed by atoms with Crippen LogP contribution in [0.1, 0.15) is 27.2 Å². The number of carbonyl (C=O) groups is 1. The lowest BCUT2D eigenvalue weighted by Crippen LogP contribution is -2.03. The third-order valence-electron chi connectivity index (χ3n) is 3.53. The first-order valence-corrected chi connectivity index (χ1v) is 7.11. The fourth-order valence-corrected chi connectivity index (χ4v) is 2.54. The van der Waals surface area contributed by atoms with Crippen LogP contribution in [0.4, 0.5) is 0 Å². The van der Waals surface area contributed by atoms with Crippen molar-refractivity contribution in [3.8, 4) is 0 Å². The molecule has 21 heavy (non-hydrogen) atoms. The largest absolute Gasteiger partial charge is 0.289 e. The average molecular weight is 296 g/mol. The monoisotopic (exact) mass is 295 g/mol. The first-order chi connectivity index (χ1) is 10.0. The lowest BCUT2D eigenvalue weighted by molar-refractivity contribution is 0.103. The molecule has 0 saturated carbocycles. The Hall–Kier alpha value is -2.19. The Morgan fingerprint density at radius 1 is 1.00 bits per heavy atom. The molecular formula is C18H14ClNO. The number of rotatable bonds is 2. The maximum absolute atomic E-state index is 12.7. The normalized spacial score (nSPS) is 10.8. The van der Waals surface area contributed by atoms with Crippen molar-refractivity contribution < 1.29 is 4.79 Å². The van der Waals surface area contributed by atoms with Crippen LogP contribution in [0, 0.1) is 13.8 Å². The van der Waals surface area contributed by atoms with Gasteiger partial charge in [0.25, 0.3) is 0 Å². The van der Waals surface area contributed by atoms with E-state index in [1.165, 1.54) is 0 Å². The van der Waals surface area contributed by atoms with E-state index in [0.29, 0.717) is 16.1 Å². The minimum Gasteiger partial charge on any atom is -0.289 e. The molecule has 2 aromatic carbocycles. The van der Waals surface area contributed by atoms with E-state index in [0.717, 1.165) is 22.2 Å². The van der Waals surface area contributed by atoms with Crippen LogP contribution in [-0.2, 0) is 0 Å². The number of benzene rings is 2. The van der Waals surface area contributed by atoms with E-state index in [4.69, 9.17) is 11.6 Å². The summed E-state index contributed by atoms with van der Waals surface area (Å²) < 4.78 is 0. The maximum atomic E-state index is 12.7. The highest BCUT2D eigenvalue weighted by Crippen LogP contribution is 2.21. The van der Waals surface area contributed by atoms with Gasteiger partial charge in [0.15, 0.2) is 5.78 Å². The summed E-state index contributed by atoms with van der Waals surface area (Å²) in [6.45, 7) is 3.86. The van der Waals surface area contributed by atoms with Crippen LogP contribution in [0.5, 0.6) is 0 Å². The Bertz CT molecular complexity index is 855. The SMILES string of the molecule is Cc1ccc2cc(C(=O)c3cc(Cl)ccc3C)ccc2n1. The molecule has 3 heteroatoms. The molecule has 0 unspecified atom stereocenters. The Labute approximate surface area is 128 Å². The first-order valence-electron chi connectivity index (χ1n) is 6.73. The number of hydrogen-bond acceptors (Lipinski definition) is 2. The van der Waals surface area contributed by atoms with Crippen molar-refractivity contribution >= 4 is 28.3 Å². The van der Waals surface area contributed by atoms with Crippen molar-refractivity contribution in [2.24, 2.45) is 0 Å². The van der Waals surface area contributed by atoms with E-state index in [-0.39, 0.29) is 5.78 Å². The molecule has 1 aromatic heterocycles. The van der Waals surface area contributed by atoms with Gasteiger partial charge in [-0.25, -0.2) is 0 Å². The minimum absolute atomic E-state index is 0.0162. The number of halogens is 1. The fraction of sp³-hybridized carbons (Fsp3) is 0.111. The van der Waals surface area contributed by atoms with Crippen molar-refractivity contribution in [1.29, 1.82) is 0 Å². The van der Waals surface area contributed by atoms with Gasteiger partial charge >= 0.3 is 0 Å². The van der Waals surface area contributed by atoms with Gasteiger partial charge in [-0.1, -0.05) is 23.7 Å². The number of aromatic nitrogens is 1. The number of hydrogen-bond donors (Lipinski definition) is 0. The molecule has 0 N–H and O–H groups in total. The van der Waals surface area contributed by atoms with Gasteiger partial charge in [-0.3, -0.25) is 9.78 Å². The van der Waals surface area contributed by atoms with Gasteiger partial charge in [-0.15, -0.1) is 0 Å². The summed E-state index contributed by atoms with van der Waals surface area (Å²) in [4.78, 5) is 17.1. The molecule has 2 nitrogen and oxygen atoms in total. The average Bonchev–Trinajstić information content (AvgIpc) is 2.48. The second-order valence-corrected chi connectivity index (χ2v) is 5.58. The van der Waals surface area contributed by atoms with E-state index < -0.39 is 0 Å². The molecule has 0 fully saturated rings. The van der Waals surface area contributed by atoms with Crippen LogP contribution < -0.4 is 0 Å². The predicted molar refractivity (Wildman–Crippen MR) is 86.1 cm³/mol. The fourth-order valence-electron chi connectivity index (χ4n) is 2.36. The standard InChI is InChI=1S/C18H14ClNO/c1-11-3-7-15(19)10-16(11)18(21)14-6-8-17-13(9-14)5-4-12(2)20-17/h3-10H,1-2H3. The van der Waals surface area contributed by atoms with Crippen LogP contribution in [0.15, 0.2) is 48.5 Å². The number of fused-ring (bicyclic) bond motifs is 1. The summed E-state index contributed by atoms with van der Waals surface area (Å²) in [5, 5.41) is 1.54. The van der Waals surface area contributed by atoms with Gasteiger partial charge in [0.05, 0.1) is 5.52 Å². The zero-order valence-electron chi connectivity index (χ0n) is 11.9.